The first-order chi connectivity index (χ1) is 12.1. The first kappa shape index (κ1) is 18.2. The maximum Gasteiger partial charge on any atom is 0.317 e. The number of benzene rings is 1. The third-order valence-corrected chi connectivity index (χ3v) is 5.18. The molecule has 138 valence electrons. The Kier molecular flexibility index (Phi) is 6.35. The molecule has 1 aromatic rings. The van der Waals surface area contributed by atoms with Crippen molar-refractivity contribution in [1.82, 2.24) is 10.2 Å². The van der Waals surface area contributed by atoms with Crippen LogP contribution in [0.25, 0.3) is 0 Å². The van der Waals surface area contributed by atoms with Crippen LogP contribution in [0.5, 0.6) is 0 Å². The number of carbonyl (C=O) groups is 1. The highest BCUT2D eigenvalue weighted by molar-refractivity contribution is 5.74. The van der Waals surface area contributed by atoms with Gasteiger partial charge in [-0.25, -0.2) is 4.79 Å². The summed E-state index contributed by atoms with van der Waals surface area (Å²) >= 11 is 0. The lowest BCUT2D eigenvalue weighted by Gasteiger charge is -2.32. The number of nitrogens with zero attached hydrogens (tertiary/aromatic N) is 1. The molecule has 0 aromatic heterocycles. The van der Waals surface area contributed by atoms with Crippen molar-refractivity contribution in [2.75, 3.05) is 19.7 Å². The van der Waals surface area contributed by atoms with Gasteiger partial charge in [0, 0.05) is 25.7 Å². The number of amides is 2. The summed E-state index contributed by atoms with van der Waals surface area (Å²) in [5.74, 6) is 1.51. The Bertz CT molecular complexity index is 544. The minimum atomic E-state index is 0.0870. The van der Waals surface area contributed by atoms with Gasteiger partial charge in [0.2, 0.25) is 0 Å². The summed E-state index contributed by atoms with van der Waals surface area (Å²) in [6, 6.07) is 9.18. The zero-order valence-electron chi connectivity index (χ0n) is 15.7. The fourth-order valence-corrected chi connectivity index (χ4v) is 3.41. The highest BCUT2D eigenvalue weighted by atomic mass is 16.5. The normalized spacial score (nSPS) is 18.6. The van der Waals surface area contributed by atoms with E-state index in [9.17, 15) is 4.79 Å². The average Bonchev–Trinajstić information content (AvgIpc) is 3.41. The predicted octanol–water partition coefficient (Wildman–Crippen LogP) is 3.99. The third kappa shape index (κ3) is 6.03. The number of hydrogen-bond donors (Lipinski definition) is 1. The molecular weight excluding hydrogens is 312 g/mol. The van der Waals surface area contributed by atoms with Gasteiger partial charge in [0.1, 0.15) is 0 Å². The first-order valence-corrected chi connectivity index (χ1v) is 9.81. The second kappa shape index (κ2) is 8.70. The highest BCUT2D eigenvalue weighted by Gasteiger charge is 2.23. The largest absolute Gasteiger partial charge is 0.376 e. The second-order valence-corrected chi connectivity index (χ2v) is 8.01. The van der Waals surface area contributed by atoms with Crippen LogP contribution in [0.2, 0.25) is 0 Å². The van der Waals surface area contributed by atoms with Gasteiger partial charge in [-0.05, 0) is 68.9 Å². The van der Waals surface area contributed by atoms with Gasteiger partial charge < -0.3 is 15.0 Å². The second-order valence-electron chi connectivity index (χ2n) is 8.01. The van der Waals surface area contributed by atoms with Crippen LogP contribution in [0, 0.1) is 11.8 Å². The summed E-state index contributed by atoms with van der Waals surface area (Å²) in [5, 5.41) is 2.99. The quantitative estimate of drug-likeness (QED) is 0.813. The molecule has 2 amide bonds. The molecule has 0 spiro atoms. The van der Waals surface area contributed by atoms with Gasteiger partial charge in [0.15, 0.2) is 0 Å². The maximum absolute atomic E-state index is 12.0. The van der Waals surface area contributed by atoms with Gasteiger partial charge >= 0.3 is 6.03 Å². The van der Waals surface area contributed by atoms with Gasteiger partial charge in [-0.15, -0.1) is 0 Å². The molecule has 0 bridgehead atoms. The van der Waals surface area contributed by atoms with E-state index >= 15 is 0 Å². The molecule has 1 aliphatic heterocycles. The lowest BCUT2D eigenvalue weighted by molar-refractivity contribution is 0.111. The minimum absolute atomic E-state index is 0.0870. The van der Waals surface area contributed by atoms with Crippen LogP contribution in [0.1, 0.15) is 50.7 Å². The van der Waals surface area contributed by atoms with Crippen molar-refractivity contribution in [3.8, 4) is 0 Å². The van der Waals surface area contributed by atoms with Crippen LogP contribution in [-0.2, 0) is 17.8 Å². The van der Waals surface area contributed by atoms with Crippen LogP contribution in [0.3, 0.4) is 0 Å². The van der Waals surface area contributed by atoms with Crippen molar-refractivity contribution in [2.24, 2.45) is 11.8 Å². The first-order valence-electron chi connectivity index (χ1n) is 9.81. The Morgan fingerprint density at radius 3 is 2.32 bits per heavy atom. The fourth-order valence-electron chi connectivity index (χ4n) is 3.41. The molecule has 1 aliphatic carbocycles. The molecule has 0 unspecified atom stereocenters. The number of urea groups is 1. The molecule has 4 nitrogen and oxygen atoms in total. The molecule has 1 aromatic carbocycles. The molecule has 1 saturated heterocycles. The highest BCUT2D eigenvalue weighted by Crippen LogP contribution is 2.29. The molecule has 2 fully saturated rings. The number of rotatable bonds is 7. The number of ether oxygens (including phenoxy) is 1. The molecule has 3 rings (SSSR count). The maximum atomic E-state index is 12.0. The van der Waals surface area contributed by atoms with E-state index in [1.807, 2.05) is 18.7 Å². The lowest BCUT2D eigenvalue weighted by atomic mass is 9.90. The summed E-state index contributed by atoms with van der Waals surface area (Å²) in [5.41, 5.74) is 2.67. The third-order valence-electron chi connectivity index (χ3n) is 5.18. The van der Waals surface area contributed by atoms with E-state index in [-0.39, 0.29) is 12.1 Å². The predicted molar refractivity (Wildman–Crippen MR) is 100 cm³/mol. The summed E-state index contributed by atoms with van der Waals surface area (Å²) < 4.78 is 5.75. The van der Waals surface area contributed by atoms with E-state index in [0.717, 1.165) is 51.5 Å². The van der Waals surface area contributed by atoms with Crippen LogP contribution in [0.4, 0.5) is 4.79 Å². The van der Waals surface area contributed by atoms with Crippen LogP contribution < -0.4 is 5.32 Å². The van der Waals surface area contributed by atoms with E-state index in [1.54, 1.807) is 0 Å². The smallest absolute Gasteiger partial charge is 0.317 e. The van der Waals surface area contributed by atoms with E-state index in [4.69, 9.17) is 4.74 Å². The van der Waals surface area contributed by atoms with E-state index in [2.05, 4.69) is 29.6 Å². The van der Waals surface area contributed by atoms with Gasteiger partial charge in [-0.3, -0.25) is 0 Å². The fraction of sp³-hybridized carbons (Fsp3) is 0.667. The van der Waals surface area contributed by atoms with E-state index in [1.165, 1.54) is 24.0 Å². The van der Waals surface area contributed by atoms with Crippen molar-refractivity contribution >= 4 is 6.03 Å². The average molecular weight is 344 g/mol. The Balaban J connectivity index is 1.38. The van der Waals surface area contributed by atoms with Crippen LogP contribution >= 0.6 is 0 Å². The number of piperidine rings is 1. The zero-order valence-corrected chi connectivity index (χ0v) is 15.7. The molecule has 1 N–H and O–H groups in total. The Morgan fingerprint density at radius 2 is 1.72 bits per heavy atom. The minimum Gasteiger partial charge on any atom is -0.376 e. The summed E-state index contributed by atoms with van der Waals surface area (Å²) in [7, 11) is 0. The van der Waals surface area contributed by atoms with Crippen molar-refractivity contribution in [2.45, 2.75) is 58.6 Å². The standard InChI is InChI=1S/C21H32N2O2/c1-16(2)22-21(24)23-11-9-18(10-12-23)13-17-3-5-19(6-4-17)14-25-15-20-7-8-20/h3-6,16,18,20H,7-15H2,1-2H3,(H,22,24). The Hall–Kier alpha value is -1.55. The Labute approximate surface area is 151 Å². The number of hydrogen-bond acceptors (Lipinski definition) is 2. The van der Waals surface area contributed by atoms with Crippen LogP contribution in [-0.4, -0.2) is 36.7 Å². The van der Waals surface area contributed by atoms with Crippen LogP contribution in [0.15, 0.2) is 24.3 Å². The van der Waals surface area contributed by atoms with Crippen molar-refractivity contribution in [3.63, 3.8) is 0 Å². The molecular formula is C21H32N2O2. The lowest BCUT2D eigenvalue weighted by Crippen LogP contribution is -2.46. The molecule has 4 heteroatoms. The van der Waals surface area contributed by atoms with Gasteiger partial charge in [0.05, 0.1) is 6.61 Å². The molecule has 0 atom stereocenters. The monoisotopic (exact) mass is 344 g/mol. The SMILES string of the molecule is CC(C)NC(=O)N1CCC(Cc2ccc(COCC3CC3)cc2)CC1. The van der Waals surface area contributed by atoms with Crippen molar-refractivity contribution < 1.29 is 9.53 Å². The van der Waals surface area contributed by atoms with E-state index < -0.39 is 0 Å². The van der Waals surface area contributed by atoms with Gasteiger partial charge in [-0.1, -0.05) is 24.3 Å². The number of nitrogens with one attached hydrogen (secondary N) is 1. The van der Waals surface area contributed by atoms with Gasteiger partial charge in [-0.2, -0.15) is 0 Å². The topological polar surface area (TPSA) is 41.6 Å². The van der Waals surface area contributed by atoms with Crippen molar-refractivity contribution in [3.05, 3.63) is 35.4 Å². The summed E-state index contributed by atoms with van der Waals surface area (Å²) in [6.45, 7) is 7.41. The molecule has 1 saturated carbocycles. The number of carbonyl (C=O) groups excluding carboxylic acids is 1. The van der Waals surface area contributed by atoms with Crippen molar-refractivity contribution in [1.29, 1.82) is 0 Å². The molecule has 25 heavy (non-hydrogen) atoms. The molecule has 2 aliphatic rings. The molecule has 0 radical (unpaired) electrons. The van der Waals surface area contributed by atoms with Gasteiger partial charge in [0.25, 0.3) is 0 Å². The number of likely N-dealkylation sites (tertiary alicyclic amines) is 1. The summed E-state index contributed by atoms with van der Waals surface area (Å²) in [4.78, 5) is 14.0. The van der Waals surface area contributed by atoms with E-state index in [0.29, 0.717) is 5.92 Å². The zero-order chi connectivity index (χ0) is 17.6. The Morgan fingerprint density at radius 1 is 1.08 bits per heavy atom. The summed E-state index contributed by atoms with van der Waals surface area (Å²) in [6.07, 6.45) is 5.99. The molecule has 1 heterocycles.